The molecule has 5 heteroatoms. The predicted octanol–water partition coefficient (Wildman–Crippen LogP) is 1.04. The molecule has 0 spiro atoms. The third-order valence-electron chi connectivity index (χ3n) is 1.13. The van der Waals surface area contributed by atoms with Crippen LogP contribution in [0.2, 0.25) is 0 Å². The summed E-state index contributed by atoms with van der Waals surface area (Å²) in [5, 5.41) is 3.31. The van der Waals surface area contributed by atoms with E-state index in [2.05, 4.69) is 9.99 Å². The molecule has 0 unspecified atom stereocenters. The average Bonchev–Trinajstić information content (AvgIpc) is 2.15. The fourth-order valence-corrected chi connectivity index (χ4v) is 0.605. The van der Waals surface area contributed by atoms with Gasteiger partial charge in [-0.15, -0.1) is 0 Å². The maximum absolute atomic E-state index is 10.9. The van der Waals surface area contributed by atoms with Gasteiger partial charge in [0.1, 0.15) is 0 Å². The molecule has 0 atom stereocenters. The second kappa shape index (κ2) is 6.82. The minimum Gasteiger partial charge on any atom is -0.479 e. The van der Waals surface area contributed by atoms with E-state index in [1.807, 2.05) is 0 Å². The van der Waals surface area contributed by atoms with Crippen molar-refractivity contribution in [2.24, 2.45) is 5.16 Å². The molecule has 0 rings (SSSR count). The van der Waals surface area contributed by atoms with Gasteiger partial charge in [-0.1, -0.05) is 6.08 Å². The maximum Gasteiger partial charge on any atom is 0.405 e. The van der Waals surface area contributed by atoms with E-state index < -0.39 is 11.8 Å². The van der Waals surface area contributed by atoms with Crippen molar-refractivity contribution in [2.75, 3.05) is 6.61 Å². The van der Waals surface area contributed by atoms with Crippen LogP contribution in [0.15, 0.2) is 17.3 Å². The zero-order chi connectivity index (χ0) is 11.0. The summed E-state index contributed by atoms with van der Waals surface area (Å²) in [4.78, 5) is 26.0. The predicted molar refractivity (Wildman–Crippen MR) is 50.6 cm³/mol. The van der Waals surface area contributed by atoms with Gasteiger partial charge in [-0.05, 0) is 25.1 Å². The minimum absolute atomic E-state index is 0.203. The summed E-state index contributed by atoms with van der Waals surface area (Å²) in [6.07, 6.45) is 2.55. The smallest absolute Gasteiger partial charge is 0.405 e. The number of allylic oxidation sites excluding steroid dienone is 1. The lowest BCUT2D eigenvalue weighted by Crippen LogP contribution is -2.13. The van der Waals surface area contributed by atoms with Gasteiger partial charge in [0, 0.05) is 6.92 Å². The summed E-state index contributed by atoms with van der Waals surface area (Å²) < 4.78 is 4.88. The van der Waals surface area contributed by atoms with Gasteiger partial charge in [-0.2, -0.15) is 0 Å². The van der Waals surface area contributed by atoms with Gasteiger partial charge < -0.3 is 9.57 Å². The Morgan fingerprint density at radius 1 is 1.43 bits per heavy atom. The Morgan fingerprint density at radius 3 is 2.57 bits per heavy atom. The lowest BCUT2D eigenvalue weighted by Gasteiger charge is -1.99. The van der Waals surface area contributed by atoms with Crippen LogP contribution in [-0.4, -0.2) is 24.3 Å². The average molecular weight is 199 g/mol. The molecule has 0 saturated heterocycles. The zero-order valence-corrected chi connectivity index (χ0v) is 8.44. The summed E-state index contributed by atoms with van der Waals surface area (Å²) in [6.45, 7) is 5.35. The van der Waals surface area contributed by atoms with Gasteiger partial charge in [0.05, 0.1) is 6.61 Å². The van der Waals surface area contributed by atoms with Crippen LogP contribution in [0, 0.1) is 0 Å². The molecular formula is C9H13NO4. The first kappa shape index (κ1) is 12.3. The maximum atomic E-state index is 10.9. The first-order valence-electron chi connectivity index (χ1n) is 4.17. The third kappa shape index (κ3) is 5.08. The van der Waals surface area contributed by atoms with Crippen LogP contribution in [0.25, 0.3) is 0 Å². The number of carbonyl (C=O) groups is 2. The first-order chi connectivity index (χ1) is 6.61. The normalized spacial score (nSPS) is 11.5. The summed E-state index contributed by atoms with van der Waals surface area (Å²) in [5.74, 6) is -1.57. The largest absolute Gasteiger partial charge is 0.479 e. The van der Waals surface area contributed by atoms with Crippen LogP contribution in [0.1, 0.15) is 20.8 Å². The van der Waals surface area contributed by atoms with Crippen LogP contribution in [0.5, 0.6) is 0 Å². The number of hydrogen-bond donors (Lipinski definition) is 0. The highest BCUT2D eigenvalue weighted by Crippen LogP contribution is 1.88. The van der Waals surface area contributed by atoms with Gasteiger partial charge in [-0.25, -0.2) is 4.79 Å². The van der Waals surface area contributed by atoms with E-state index in [1.165, 1.54) is 13.0 Å². The molecule has 0 aliphatic heterocycles. The highest BCUT2D eigenvalue weighted by molar-refractivity contribution is 6.38. The van der Waals surface area contributed by atoms with Crippen molar-refractivity contribution in [3.8, 4) is 0 Å². The monoisotopic (exact) mass is 199 g/mol. The van der Waals surface area contributed by atoms with Crippen LogP contribution in [0.3, 0.4) is 0 Å². The molecule has 0 aliphatic rings. The Morgan fingerprint density at radius 2 is 2.07 bits per heavy atom. The molecule has 0 heterocycles. The molecule has 0 fully saturated rings. The Labute approximate surface area is 82.4 Å². The molecule has 0 N–H and O–H groups in total. The summed E-state index contributed by atoms with van der Waals surface area (Å²) in [7, 11) is 0. The number of ketones is 1. The van der Waals surface area contributed by atoms with Crippen molar-refractivity contribution >= 4 is 17.7 Å². The molecule has 0 aromatic rings. The lowest BCUT2D eigenvalue weighted by atomic mass is 10.4. The lowest BCUT2D eigenvalue weighted by molar-refractivity contribution is -0.151. The molecule has 0 radical (unpaired) electrons. The molecule has 78 valence electrons. The van der Waals surface area contributed by atoms with Crippen molar-refractivity contribution in [3.05, 3.63) is 12.2 Å². The quantitative estimate of drug-likeness (QED) is 0.169. The number of ether oxygens (including phenoxy) is 1. The second-order valence-corrected chi connectivity index (χ2v) is 2.29. The fraction of sp³-hybridized carbons (Fsp3) is 0.444. The molecule has 0 bridgehead atoms. The van der Waals surface area contributed by atoms with E-state index in [0.717, 1.165) is 6.08 Å². The SMILES string of the molecule is C/C=C\C(=O)C(=O)O/N=C(/C)OCC. The zero-order valence-electron chi connectivity index (χ0n) is 8.44. The van der Waals surface area contributed by atoms with E-state index in [1.54, 1.807) is 13.8 Å². The van der Waals surface area contributed by atoms with Crippen molar-refractivity contribution in [1.82, 2.24) is 0 Å². The summed E-state index contributed by atoms with van der Waals surface area (Å²) >= 11 is 0. The number of nitrogens with zero attached hydrogens (tertiary/aromatic N) is 1. The third-order valence-corrected chi connectivity index (χ3v) is 1.13. The van der Waals surface area contributed by atoms with E-state index in [-0.39, 0.29) is 5.90 Å². The summed E-state index contributed by atoms with van der Waals surface area (Å²) in [6, 6.07) is 0. The topological polar surface area (TPSA) is 65.0 Å². The number of hydrogen-bond acceptors (Lipinski definition) is 5. The van der Waals surface area contributed by atoms with Gasteiger partial charge in [0.15, 0.2) is 0 Å². The summed E-state index contributed by atoms with van der Waals surface area (Å²) in [5.41, 5.74) is 0. The van der Waals surface area contributed by atoms with Gasteiger partial charge in [-0.3, -0.25) is 4.79 Å². The van der Waals surface area contributed by atoms with E-state index in [0.29, 0.717) is 6.61 Å². The molecule has 0 aromatic carbocycles. The van der Waals surface area contributed by atoms with Gasteiger partial charge >= 0.3 is 5.97 Å². The standard InChI is InChI=1S/C9H13NO4/c1-4-6-8(11)9(12)14-10-7(3)13-5-2/h4,6H,5H2,1-3H3/b6-4-,10-7-. The molecule has 14 heavy (non-hydrogen) atoms. The number of rotatable bonds is 4. The van der Waals surface area contributed by atoms with E-state index in [4.69, 9.17) is 4.74 Å². The fourth-order valence-electron chi connectivity index (χ4n) is 0.605. The van der Waals surface area contributed by atoms with Crippen LogP contribution in [-0.2, 0) is 19.2 Å². The second-order valence-electron chi connectivity index (χ2n) is 2.29. The van der Waals surface area contributed by atoms with E-state index >= 15 is 0 Å². The molecular weight excluding hydrogens is 186 g/mol. The minimum atomic E-state index is -1.03. The van der Waals surface area contributed by atoms with Crippen LogP contribution in [0.4, 0.5) is 0 Å². The van der Waals surface area contributed by atoms with Gasteiger partial charge in [0.25, 0.3) is 5.78 Å². The van der Waals surface area contributed by atoms with Crippen molar-refractivity contribution in [2.45, 2.75) is 20.8 Å². The van der Waals surface area contributed by atoms with E-state index in [9.17, 15) is 9.59 Å². The highest BCUT2D eigenvalue weighted by atomic mass is 16.7. The highest BCUT2D eigenvalue weighted by Gasteiger charge is 2.11. The molecule has 5 nitrogen and oxygen atoms in total. The number of carbonyl (C=O) groups excluding carboxylic acids is 2. The Bertz CT molecular complexity index is 268. The van der Waals surface area contributed by atoms with Crippen LogP contribution >= 0.6 is 0 Å². The number of oxime groups is 1. The van der Waals surface area contributed by atoms with Crippen LogP contribution < -0.4 is 0 Å². The Hall–Kier alpha value is -1.65. The molecule has 0 aliphatic carbocycles. The first-order valence-corrected chi connectivity index (χ1v) is 4.17. The van der Waals surface area contributed by atoms with Crippen molar-refractivity contribution in [1.29, 1.82) is 0 Å². The molecule has 0 saturated carbocycles. The molecule has 0 amide bonds. The van der Waals surface area contributed by atoms with Crippen molar-refractivity contribution < 1.29 is 19.2 Å². The van der Waals surface area contributed by atoms with Crippen molar-refractivity contribution in [3.63, 3.8) is 0 Å². The Balaban J connectivity index is 4.07. The Kier molecular flexibility index (Phi) is 6.02. The molecule has 0 aromatic heterocycles. The van der Waals surface area contributed by atoms with Gasteiger partial charge in [0.2, 0.25) is 5.90 Å².